The highest BCUT2D eigenvalue weighted by atomic mass is 16.1. The van der Waals surface area contributed by atoms with Crippen LogP contribution in [0.25, 0.3) is 0 Å². The van der Waals surface area contributed by atoms with E-state index in [-0.39, 0.29) is 11.8 Å². The molecule has 3 heteroatoms. The zero-order valence-corrected chi connectivity index (χ0v) is 9.17. The summed E-state index contributed by atoms with van der Waals surface area (Å²) in [5.41, 5.74) is 0. The fourth-order valence-electron chi connectivity index (χ4n) is 2.30. The fraction of sp³-hybridized carbons (Fsp3) is 0.750. The molecule has 1 saturated heterocycles. The lowest BCUT2D eigenvalue weighted by molar-refractivity contribution is -0.124. The Labute approximate surface area is 91.3 Å². The zero-order valence-electron chi connectivity index (χ0n) is 9.17. The quantitative estimate of drug-likeness (QED) is 0.684. The molecule has 0 aromatic rings. The molecule has 1 aliphatic carbocycles. The second kappa shape index (κ2) is 5.31. The maximum absolute atomic E-state index is 11.7. The molecule has 0 radical (unpaired) electrons. The summed E-state index contributed by atoms with van der Waals surface area (Å²) in [7, 11) is 0. The fourth-order valence-corrected chi connectivity index (χ4v) is 2.30. The first-order valence-electron chi connectivity index (χ1n) is 6.02. The Balaban J connectivity index is 1.65. The van der Waals surface area contributed by atoms with Crippen LogP contribution in [0.4, 0.5) is 0 Å². The van der Waals surface area contributed by atoms with Gasteiger partial charge in [-0.15, -0.1) is 0 Å². The smallest absolute Gasteiger partial charge is 0.223 e. The summed E-state index contributed by atoms with van der Waals surface area (Å²) in [5.74, 6) is 0.431. The molecular formula is C12H20N2O. The number of allylic oxidation sites excluding steroid dienone is 2. The molecule has 1 atom stereocenters. The van der Waals surface area contributed by atoms with Crippen LogP contribution < -0.4 is 10.6 Å². The van der Waals surface area contributed by atoms with Crippen LogP contribution in [-0.4, -0.2) is 25.0 Å². The standard InChI is InChI=1S/C12H20N2O/c15-12(10-5-1-2-6-10)14-9-11-7-3-4-8-13-11/h1-2,10-11,13H,3-9H2,(H,14,15). The molecule has 0 spiro atoms. The Bertz CT molecular complexity index is 236. The summed E-state index contributed by atoms with van der Waals surface area (Å²) in [5, 5.41) is 6.49. The van der Waals surface area contributed by atoms with Crippen LogP contribution in [0.3, 0.4) is 0 Å². The molecule has 1 aliphatic heterocycles. The van der Waals surface area contributed by atoms with E-state index in [1.165, 1.54) is 19.3 Å². The third-order valence-corrected chi connectivity index (χ3v) is 3.31. The lowest BCUT2D eigenvalue weighted by Gasteiger charge is -2.24. The number of hydrogen-bond donors (Lipinski definition) is 2. The molecule has 84 valence electrons. The highest BCUT2D eigenvalue weighted by Gasteiger charge is 2.20. The summed E-state index contributed by atoms with van der Waals surface area (Å²) < 4.78 is 0. The molecule has 2 N–H and O–H groups in total. The molecule has 1 heterocycles. The van der Waals surface area contributed by atoms with Crippen molar-refractivity contribution in [1.82, 2.24) is 10.6 Å². The molecular weight excluding hydrogens is 188 g/mol. The minimum absolute atomic E-state index is 0.202. The summed E-state index contributed by atoms with van der Waals surface area (Å²) >= 11 is 0. The van der Waals surface area contributed by atoms with Gasteiger partial charge < -0.3 is 10.6 Å². The monoisotopic (exact) mass is 208 g/mol. The van der Waals surface area contributed by atoms with E-state index in [0.717, 1.165) is 25.9 Å². The first-order valence-corrected chi connectivity index (χ1v) is 6.02. The van der Waals surface area contributed by atoms with Gasteiger partial charge >= 0.3 is 0 Å². The van der Waals surface area contributed by atoms with Gasteiger partial charge in [0.1, 0.15) is 0 Å². The summed E-state index contributed by atoms with van der Waals surface area (Å²) in [6.45, 7) is 1.90. The van der Waals surface area contributed by atoms with E-state index in [1.54, 1.807) is 0 Å². The summed E-state index contributed by atoms with van der Waals surface area (Å²) in [6.07, 6.45) is 9.80. The van der Waals surface area contributed by atoms with E-state index in [1.807, 2.05) is 0 Å². The van der Waals surface area contributed by atoms with Crippen LogP contribution in [0.2, 0.25) is 0 Å². The van der Waals surface area contributed by atoms with Crippen molar-refractivity contribution in [1.29, 1.82) is 0 Å². The second-order valence-corrected chi connectivity index (χ2v) is 4.53. The molecule has 0 aromatic carbocycles. The number of nitrogens with one attached hydrogen (secondary N) is 2. The number of hydrogen-bond acceptors (Lipinski definition) is 2. The van der Waals surface area contributed by atoms with Gasteiger partial charge in [-0.3, -0.25) is 4.79 Å². The normalized spacial score (nSPS) is 26.8. The van der Waals surface area contributed by atoms with Gasteiger partial charge in [0.05, 0.1) is 0 Å². The molecule has 0 saturated carbocycles. The highest BCUT2D eigenvalue weighted by molar-refractivity contribution is 5.79. The third kappa shape index (κ3) is 3.06. The summed E-state index contributed by atoms with van der Waals surface area (Å²) in [4.78, 5) is 11.7. The predicted octanol–water partition coefficient (Wildman–Crippen LogP) is 1.21. The largest absolute Gasteiger partial charge is 0.354 e. The lowest BCUT2D eigenvalue weighted by Crippen LogP contribution is -2.44. The Kier molecular flexibility index (Phi) is 3.78. The van der Waals surface area contributed by atoms with Crippen molar-refractivity contribution < 1.29 is 4.79 Å². The number of carbonyl (C=O) groups is 1. The molecule has 2 aliphatic rings. The number of carbonyl (C=O) groups excluding carboxylic acids is 1. The second-order valence-electron chi connectivity index (χ2n) is 4.53. The van der Waals surface area contributed by atoms with Gasteiger partial charge in [-0.05, 0) is 32.2 Å². The van der Waals surface area contributed by atoms with Crippen molar-refractivity contribution in [2.45, 2.75) is 38.1 Å². The van der Waals surface area contributed by atoms with Gasteiger partial charge in [0.2, 0.25) is 5.91 Å². The molecule has 2 rings (SSSR count). The third-order valence-electron chi connectivity index (χ3n) is 3.31. The van der Waals surface area contributed by atoms with E-state index in [4.69, 9.17) is 0 Å². The van der Waals surface area contributed by atoms with Crippen molar-refractivity contribution in [3.8, 4) is 0 Å². The molecule has 3 nitrogen and oxygen atoms in total. The maximum atomic E-state index is 11.7. The van der Waals surface area contributed by atoms with Crippen LogP contribution in [-0.2, 0) is 4.79 Å². The minimum atomic E-state index is 0.202. The Morgan fingerprint density at radius 2 is 2.13 bits per heavy atom. The van der Waals surface area contributed by atoms with Crippen molar-refractivity contribution in [3.63, 3.8) is 0 Å². The molecule has 1 fully saturated rings. The van der Waals surface area contributed by atoms with Gasteiger partial charge in [-0.1, -0.05) is 18.6 Å². The van der Waals surface area contributed by atoms with Crippen LogP contribution >= 0.6 is 0 Å². The number of piperidine rings is 1. The van der Waals surface area contributed by atoms with Crippen LogP contribution in [0.1, 0.15) is 32.1 Å². The van der Waals surface area contributed by atoms with Crippen molar-refractivity contribution in [2.75, 3.05) is 13.1 Å². The number of rotatable bonds is 3. The Morgan fingerprint density at radius 1 is 1.33 bits per heavy atom. The summed E-state index contributed by atoms with van der Waals surface area (Å²) in [6, 6.07) is 0.497. The average molecular weight is 208 g/mol. The van der Waals surface area contributed by atoms with Crippen molar-refractivity contribution in [3.05, 3.63) is 12.2 Å². The van der Waals surface area contributed by atoms with Gasteiger partial charge in [-0.2, -0.15) is 0 Å². The first-order chi connectivity index (χ1) is 7.36. The molecule has 15 heavy (non-hydrogen) atoms. The first kappa shape index (κ1) is 10.7. The van der Waals surface area contributed by atoms with Crippen molar-refractivity contribution >= 4 is 5.91 Å². The van der Waals surface area contributed by atoms with E-state index in [2.05, 4.69) is 22.8 Å². The van der Waals surface area contributed by atoms with Gasteiger partial charge in [0.25, 0.3) is 0 Å². The van der Waals surface area contributed by atoms with Crippen LogP contribution in [0.15, 0.2) is 12.2 Å². The lowest BCUT2D eigenvalue weighted by atomic mass is 10.0. The van der Waals surface area contributed by atoms with Crippen molar-refractivity contribution in [2.24, 2.45) is 5.92 Å². The Hall–Kier alpha value is -0.830. The van der Waals surface area contributed by atoms with E-state index < -0.39 is 0 Å². The Morgan fingerprint density at radius 3 is 2.80 bits per heavy atom. The minimum Gasteiger partial charge on any atom is -0.354 e. The zero-order chi connectivity index (χ0) is 10.5. The van der Waals surface area contributed by atoms with E-state index in [9.17, 15) is 4.79 Å². The predicted molar refractivity (Wildman–Crippen MR) is 60.5 cm³/mol. The van der Waals surface area contributed by atoms with E-state index in [0.29, 0.717) is 6.04 Å². The molecule has 1 amide bonds. The van der Waals surface area contributed by atoms with E-state index >= 15 is 0 Å². The van der Waals surface area contributed by atoms with Gasteiger partial charge in [-0.25, -0.2) is 0 Å². The molecule has 0 bridgehead atoms. The molecule has 0 aromatic heterocycles. The molecule has 1 unspecified atom stereocenters. The van der Waals surface area contributed by atoms with Gasteiger partial charge in [0, 0.05) is 18.5 Å². The van der Waals surface area contributed by atoms with Crippen LogP contribution in [0.5, 0.6) is 0 Å². The maximum Gasteiger partial charge on any atom is 0.223 e. The number of amides is 1. The average Bonchev–Trinajstić information content (AvgIpc) is 2.81. The topological polar surface area (TPSA) is 41.1 Å². The SMILES string of the molecule is O=C(NCC1CCCCN1)C1CC=CC1. The van der Waals surface area contributed by atoms with Gasteiger partial charge in [0.15, 0.2) is 0 Å². The highest BCUT2D eigenvalue weighted by Crippen LogP contribution is 2.17. The van der Waals surface area contributed by atoms with Crippen LogP contribution in [0, 0.1) is 5.92 Å².